The fraction of sp³-hybridized carbons (Fsp3) is 0.435. The smallest absolute Gasteiger partial charge is 0.253 e. The highest BCUT2D eigenvalue weighted by Crippen LogP contribution is 2.23. The average molecular weight is 421 g/mol. The van der Waals surface area contributed by atoms with Gasteiger partial charge in [0.15, 0.2) is 0 Å². The standard InChI is InChI=1S/C23H28N6O2/c1-4-29-14-19(13-24-29)27-22(30)11-17-7-9-28(10-8-17)23(31)18-5-6-20-21(12-18)26-16(3)15(2)25-20/h5-6,12-14,17H,4,7-11H2,1-3H3,(H,27,30). The molecular formula is C23H28N6O2. The van der Waals surface area contributed by atoms with Crippen LogP contribution >= 0.6 is 0 Å². The number of aryl methyl sites for hydroxylation is 3. The number of anilines is 1. The first-order valence-corrected chi connectivity index (χ1v) is 10.8. The molecule has 1 aliphatic heterocycles. The lowest BCUT2D eigenvalue weighted by Crippen LogP contribution is -2.39. The Morgan fingerprint density at radius 2 is 1.81 bits per heavy atom. The van der Waals surface area contributed by atoms with Crippen LogP contribution in [-0.4, -0.2) is 49.6 Å². The van der Waals surface area contributed by atoms with Gasteiger partial charge in [-0.15, -0.1) is 0 Å². The van der Waals surface area contributed by atoms with E-state index >= 15 is 0 Å². The third kappa shape index (κ3) is 4.73. The number of nitrogens with zero attached hydrogens (tertiary/aromatic N) is 5. The summed E-state index contributed by atoms with van der Waals surface area (Å²) in [4.78, 5) is 36.3. The maximum Gasteiger partial charge on any atom is 0.253 e. The molecule has 1 aromatic carbocycles. The van der Waals surface area contributed by atoms with Crippen LogP contribution < -0.4 is 5.32 Å². The molecule has 3 aromatic rings. The van der Waals surface area contributed by atoms with E-state index in [4.69, 9.17) is 0 Å². The van der Waals surface area contributed by atoms with E-state index in [0.717, 1.165) is 47.5 Å². The summed E-state index contributed by atoms with van der Waals surface area (Å²) < 4.78 is 1.78. The van der Waals surface area contributed by atoms with Gasteiger partial charge < -0.3 is 10.2 Å². The second-order valence-corrected chi connectivity index (χ2v) is 8.17. The van der Waals surface area contributed by atoms with Gasteiger partial charge in [-0.3, -0.25) is 14.3 Å². The molecule has 162 valence electrons. The third-order valence-corrected chi connectivity index (χ3v) is 5.94. The Kier molecular flexibility index (Phi) is 5.97. The molecule has 0 bridgehead atoms. The first kappa shape index (κ1) is 21.0. The number of piperidine rings is 1. The highest BCUT2D eigenvalue weighted by Gasteiger charge is 2.25. The molecule has 1 fully saturated rings. The zero-order valence-corrected chi connectivity index (χ0v) is 18.3. The molecule has 2 aromatic heterocycles. The van der Waals surface area contributed by atoms with Crippen LogP contribution in [0, 0.1) is 19.8 Å². The number of carbonyl (C=O) groups excluding carboxylic acids is 2. The lowest BCUT2D eigenvalue weighted by molar-refractivity contribution is -0.117. The first-order valence-electron chi connectivity index (χ1n) is 10.8. The van der Waals surface area contributed by atoms with E-state index in [1.807, 2.05) is 50.1 Å². The number of aromatic nitrogens is 4. The van der Waals surface area contributed by atoms with Gasteiger partial charge in [-0.1, -0.05) is 0 Å². The number of amides is 2. The van der Waals surface area contributed by atoms with Crippen molar-refractivity contribution in [1.29, 1.82) is 0 Å². The van der Waals surface area contributed by atoms with Gasteiger partial charge in [0, 0.05) is 37.8 Å². The normalized spacial score (nSPS) is 14.7. The summed E-state index contributed by atoms with van der Waals surface area (Å²) in [5.41, 5.74) is 4.68. The van der Waals surface area contributed by atoms with E-state index in [1.54, 1.807) is 10.9 Å². The number of rotatable bonds is 5. The number of carbonyl (C=O) groups is 2. The van der Waals surface area contributed by atoms with E-state index < -0.39 is 0 Å². The van der Waals surface area contributed by atoms with Crippen LogP contribution in [0.2, 0.25) is 0 Å². The van der Waals surface area contributed by atoms with Crippen LogP contribution in [0.4, 0.5) is 5.69 Å². The van der Waals surface area contributed by atoms with Crippen LogP contribution in [0.5, 0.6) is 0 Å². The van der Waals surface area contributed by atoms with E-state index in [0.29, 0.717) is 25.1 Å². The molecule has 0 unspecified atom stereocenters. The topological polar surface area (TPSA) is 93.0 Å². The molecule has 2 amide bonds. The molecule has 1 N–H and O–H groups in total. The van der Waals surface area contributed by atoms with Gasteiger partial charge in [-0.05, 0) is 57.7 Å². The SMILES string of the molecule is CCn1cc(NC(=O)CC2CCN(C(=O)c3ccc4nc(C)c(C)nc4c3)CC2)cn1. The maximum atomic E-state index is 13.0. The third-order valence-electron chi connectivity index (χ3n) is 5.94. The first-order chi connectivity index (χ1) is 14.9. The predicted molar refractivity (Wildman–Crippen MR) is 119 cm³/mol. The van der Waals surface area contributed by atoms with Crippen molar-refractivity contribution >= 4 is 28.5 Å². The van der Waals surface area contributed by atoms with Crippen LogP contribution in [0.15, 0.2) is 30.6 Å². The fourth-order valence-electron chi connectivity index (χ4n) is 3.96. The predicted octanol–water partition coefficient (Wildman–Crippen LogP) is 3.34. The Balaban J connectivity index is 1.32. The monoisotopic (exact) mass is 420 g/mol. The molecule has 1 aliphatic rings. The van der Waals surface area contributed by atoms with Gasteiger partial charge in [0.05, 0.1) is 34.3 Å². The van der Waals surface area contributed by atoms with Gasteiger partial charge in [-0.25, -0.2) is 9.97 Å². The summed E-state index contributed by atoms with van der Waals surface area (Å²) in [6.45, 7) is 7.94. The highest BCUT2D eigenvalue weighted by molar-refractivity contribution is 5.97. The lowest BCUT2D eigenvalue weighted by Gasteiger charge is -2.31. The zero-order valence-electron chi connectivity index (χ0n) is 18.3. The fourth-order valence-corrected chi connectivity index (χ4v) is 3.96. The average Bonchev–Trinajstić information content (AvgIpc) is 3.21. The Bertz CT molecular complexity index is 1110. The molecule has 8 nitrogen and oxygen atoms in total. The van der Waals surface area contributed by atoms with Crippen molar-refractivity contribution in [1.82, 2.24) is 24.6 Å². The zero-order chi connectivity index (χ0) is 22.0. The van der Waals surface area contributed by atoms with Crippen molar-refractivity contribution in [3.05, 3.63) is 47.5 Å². The number of fused-ring (bicyclic) bond motifs is 1. The van der Waals surface area contributed by atoms with Crippen molar-refractivity contribution in [2.45, 2.75) is 46.6 Å². The maximum absolute atomic E-state index is 13.0. The number of hydrogen-bond acceptors (Lipinski definition) is 5. The molecule has 0 radical (unpaired) electrons. The Hall–Kier alpha value is -3.29. The second kappa shape index (κ2) is 8.83. The molecule has 1 saturated heterocycles. The van der Waals surface area contributed by atoms with Crippen LogP contribution in [-0.2, 0) is 11.3 Å². The molecule has 0 saturated carbocycles. The summed E-state index contributed by atoms with van der Waals surface area (Å²) in [5, 5.41) is 7.08. The van der Waals surface area contributed by atoms with Crippen LogP contribution in [0.1, 0.15) is 47.9 Å². The molecule has 4 rings (SSSR count). The van der Waals surface area contributed by atoms with Crippen molar-refractivity contribution in [3.63, 3.8) is 0 Å². The molecule has 0 spiro atoms. The minimum absolute atomic E-state index is 0.000744. The molecule has 8 heteroatoms. The quantitative estimate of drug-likeness (QED) is 0.683. The number of nitrogens with one attached hydrogen (secondary N) is 1. The van der Waals surface area contributed by atoms with Crippen LogP contribution in [0.25, 0.3) is 11.0 Å². The minimum atomic E-state index is -0.000744. The lowest BCUT2D eigenvalue weighted by atomic mass is 9.93. The molecule has 31 heavy (non-hydrogen) atoms. The molecular weight excluding hydrogens is 392 g/mol. The van der Waals surface area contributed by atoms with Crippen molar-refractivity contribution in [2.24, 2.45) is 5.92 Å². The molecule has 0 aliphatic carbocycles. The van der Waals surface area contributed by atoms with Gasteiger partial charge in [-0.2, -0.15) is 5.10 Å². The van der Waals surface area contributed by atoms with Crippen molar-refractivity contribution in [2.75, 3.05) is 18.4 Å². The van der Waals surface area contributed by atoms with Gasteiger partial charge in [0.25, 0.3) is 5.91 Å². The van der Waals surface area contributed by atoms with Crippen LogP contribution in [0.3, 0.4) is 0 Å². The number of likely N-dealkylation sites (tertiary alicyclic amines) is 1. The second-order valence-electron chi connectivity index (χ2n) is 8.17. The van der Waals surface area contributed by atoms with Gasteiger partial charge in [0.2, 0.25) is 5.91 Å². The van der Waals surface area contributed by atoms with E-state index in [1.165, 1.54) is 0 Å². The van der Waals surface area contributed by atoms with Gasteiger partial charge in [0.1, 0.15) is 0 Å². The van der Waals surface area contributed by atoms with E-state index in [-0.39, 0.29) is 17.7 Å². The van der Waals surface area contributed by atoms with Crippen molar-refractivity contribution in [3.8, 4) is 0 Å². The Morgan fingerprint density at radius 1 is 1.10 bits per heavy atom. The Morgan fingerprint density at radius 3 is 2.48 bits per heavy atom. The minimum Gasteiger partial charge on any atom is -0.339 e. The van der Waals surface area contributed by atoms with E-state index in [9.17, 15) is 9.59 Å². The Labute approximate surface area is 181 Å². The largest absolute Gasteiger partial charge is 0.339 e. The van der Waals surface area contributed by atoms with Gasteiger partial charge >= 0.3 is 0 Å². The summed E-state index contributed by atoms with van der Waals surface area (Å²) in [7, 11) is 0. The summed E-state index contributed by atoms with van der Waals surface area (Å²) in [5.74, 6) is 0.286. The summed E-state index contributed by atoms with van der Waals surface area (Å²) >= 11 is 0. The summed E-state index contributed by atoms with van der Waals surface area (Å²) in [6.07, 6.45) is 5.59. The highest BCUT2D eigenvalue weighted by atomic mass is 16.2. The van der Waals surface area contributed by atoms with E-state index in [2.05, 4.69) is 20.4 Å². The number of hydrogen-bond donors (Lipinski definition) is 1. The number of benzene rings is 1. The summed E-state index contributed by atoms with van der Waals surface area (Å²) in [6, 6.07) is 5.51. The molecule has 0 atom stereocenters. The molecule has 3 heterocycles. The van der Waals surface area contributed by atoms with Crippen molar-refractivity contribution < 1.29 is 9.59 Å².